The highest BCUT2D eigenvalue weighted by Gasteiger charge is 2.73. The van der Waals surface area contributed by atoms with Crippen LogP contribution in [0.5, 0.6) is 0 Å². The summed E-state index contributed by atoms with van der Waals surface area (Å²) in [4.78, 5) is 15.0. The van der Waals surface area contributed by atoms with Crippen LogP contribution >= 0.6 is 11.3 Å². The van der Waals surface area contributed by atoms with Crippen LogP contribution in [0.15, 0.2) is 24.3 Å². The molecule has 0 saturated carbocycles. The molecule has 1 aromatic carbocycles. The largest absolute Gasteiger partial charge is 0.450 e. The molecule has 1 amide bonds. The molecule has 5 nitrogen and oxygen atoms in total. The monoisotopic (exact) mass is 387 g/mol. The van der Waals surface area contributed by atoms with E-state index in [0.717, 1.165) is 5.32 Å². The van der Waals surface area contributed by atoms with Gasteiger partial charge in [-0.25, -0.2) is 9.78 Å². The van der Waals surface area contributed by atoms with Crippen molar-refractivity contribution in [3.8, 4) is 0 Å². The number of amides is 1. The summed E-state index contributed by atoms with van der Waals surface area (Å²) in [5, 5.41) is 1.49. The van der Waals surface area contributed by atoms with Gasteiger partial charge in [-0.3, -0.25) is 5.32 Å². The number of rotatable bonds is 4. The van der Waals surface area contributed by atoms with Crippen molar-refractivity contribution in [3.63, 3.8) is 0 Å². The number of anilines is 1. The van der Waals surface area contributed by atoms with E-state index in [4.69, 9.17) is 0 Å². The third-order valence-corrected chi connectivity index (χ3v) is 3.96. The first-order valence-electron chi connectivity index (χ1n) is 6.72. The minimum Gasteiger partial charge on any atom is -0.450 e. The summed E-state index contributed by atoms with van der Waals surface area (Å²) in [6.07, 6.45) is -13.7. The van der Waals surface area contributed by atoms with Gasteiger partial charge in [-0.15, -0.1) is 0 Å². The molecule has 0 fully saturated rings. The number of benzene rings is 1. The van der Waals surface area contributed by atoms with E-state index in [9.17, 15) is 31.1 Å². The van der Waals surface area contributed by atoms with Crippen molar-refractivity contribution in [2.24, 2.45) is 0 Å². The van der Waals surface area contributed by atoms with Crippen LogP contribution in [0.3, 0.4) is 0 Å². The average molecular weight is 387 g/mol. The van der Waals surface area contributed by atoms with E-state index < -0.39 is 35.8 Å². The highest BCUT2D eigenvalue weighted by atomic mass is 32.1. The molecular weight excluding hydrogens is 376 g/mol. The number of alkyl halides is 6. The summed E-state index contributed by atoms with van der Waals surface area (Å²) in [7, 11) is 0. The predicted octanol–water partition coefficient (Wildman–Crippen LogP) is 4.28. The number of nitrogens with one attached hydrogen (secondary N) is 2. The molecule has 0 unspecified atom stereocenters. The van der Waals surface area contributed by atoms with Crippen LogP contribution in [0.2, 0.25) is 0 Å². The first kappa shape index (κ1) is 19.1. The minimum absolute atomic E-state index is 0.212. The van der Waals surface area contributed by atoms with Gasteiger partial charge in [-0.2, -0.15) is 26.3 Å². The van der Waals surface area contributed by atoms with Gasteiger partial charge in [0.2, 0.25) is 0 Å². The van der Waals surface area contributed by atoms with Gasteiger partial charge in [0.25, 0.3) is 0 Å². The number of ether oxygens (including phenoxy) is 1. The topological polar surface area (TPSA) is 63.2 Å². The van der Waals surface area contributed by atoms with Gasteiger partial charge in [0.1, 0.15) is 0 Å². The fourth-order valence-corrected chi connectivity index (χ4v) is 2.80. The number of hydrogen-bond donors (Lipinski definition) is 2. The molecule has 0 aliphatic carbocycles. The Kier molecular flexibility index (Phi) is 5.02. The zero-order valence-electron chi connectivity index (χ0n) is 12.5. The molecule has 0 bridgehead atoms. The third kappa shape index (κ3) is 3.72. The molecule has 0 atom stereocenters. The third-order valence-electron chi connectivity index (χ3n) is 3.00. The minimum atomic E-state index is -5.92. The number of carbonyl (C=O) groups is 1. The Morgan fingerprint density at radius 2 is 1.76 bits per heavy atom. The van der Waals surface area contributed by atoms with E-state index in [2.05, 4.69) is 9.72 Å². The number of hydrogen-bond acceptors (Lipinski definition) is 5. The SMILES string of the molecule is CCOC(=O)NC(Nc1nc2ccccc2s1)(C(F)(F)F)C(F)(F)F. The number of thiazole rings is 1. The van der Waals surface area contributed by atoms with E-state index in [1.165, 1.54) is 30.4 Å². The maximum atomic E-state index is 13.3. The second kappa shape index (κ2) is 6.58. The zero-order valence-corrected chi connectivity index (χ0v) is 13.3. The van der Waals surface area contributed by atoms with Crippen LogP contribution in [0.1, 0.15) is 6.92 Å². The van der Waals surface area contributed by atoms with E-state index in [1.54, 1.807) is 6.07 Å². The number of fused-ring (bicyclic) bond motifs is 1. The smallest absolute Gasteiger partial charge is 0.439 e. The Hall–Kier alpha value is -2.24. The van der Waals surface area contributed by atoms with Crippen molar-refractivity contribution in [2.75, 3.05) is 11.9 Å². The Bertz CT molecular complexity index is 711. The van der Waals surface area contributed by atoms with Crippen molar-refractivity contribution in [2.45, 2.75) is 24.9 Å². The Labute approximate surface area is 141 Å². The molecule has 138 valence electrons. The van der Waals surface area contributed by atoms with E-state index in [1.807, 2.05) is 0 Å². The molecule has 1 heterocycles. The van der Waals surface area contributed by atoms with E-state index >= 15 is 0 Å². The van der Waals surface area contributed by atoms with Crippen molar-refractivity contribution >= 4 is 32.8 Å². The number of aromatic nitrogens is 1. The zero-order chi connectivity index (χ0) is 18.9. The summed E-state index contributed by atoms with van der Waals surface area (Å²) in [6.45, 7) is 0.835. The predicted molar refractivity (Wildman–Crippen MR) is 78.2 cm³/mol. The highest BCUT2D eigenvalue weighted by Crippen LogP contribution is 2.44. The van der Waals surface area contributed by atoms with Crippen molar-refractivity contribution in [3.05, 3.63) is 24.3 Å². The normalized spacial score (nSPS) is 12.9. The standard InChI is InChI=1S/C13H11F6N3O2S/c1-2-24-10(23)22-11(12(14,15)16,13(17,18)19)21-9-20-7-5-3-4-6-8(7)25-9/h3-6H,2H2,1H3,(H,20,21)(H,22,23). The van der Waals surface area contributed by atoms with Crippen LogP contribution in [0.25, 0.3) is 10.2 Å². The van der Waals surface area contributed by atoms with Gasteiger partial charge in [-0.05, 0) is 19.1 Å². The maximum Gasteiger partial charge on any atom is 0.439 e. The summed E-state index contributed by atoms with van der Waals surface area (Å²) >= 11 is 0.582. The quantitative estimate of drug-likeness (QED) is 0.607. The Balaban J connectivity index is 2.50. The molecule has 2 N–H and O–H groups in total. The van der Waals surface area contributed by atoms with Crippen LogP contribution in [-0.2, 0) is 4.74 Å². The van der Waals surface area contributed by atoms with Crippen LogP contribution < -0.4 is 10.6 Å². The summed E-state index contributed by atoms with van der Waals surface area (Å²) in [6, 6.07) is 6.00. The van der Waals surface area contributed by atoms with Gasteiger partial charge >= 0.3 is 24.1 Å². The second-order valence-corrected chi connectivity index (χ2v) is 5.73. The lowest BCUT2D eigenvalue weighted by Gasteiger charge is -2.37. The molecule has 12 heteroatoms. The van der Waals surface area contributed by atoms with Crippen LogP contribution in [-0.4, -0.2) is 35.7 Å². The number of halogens is 6. The molecular formula is C13H11F6N3O2S. The molecule has 2 aromatic rings. The van der Waals surface area contributed by atoms with Crippen LogP contribution in [0, 0.1) is 0 Å². The van der Waals surface area contributed by atoms with Gasteiger partial charge in [0, 0.05) is 0 Å². The fourth-order valence-electron chi connectivity index (χ4n) is 1.88. The molecule has 0 aliphatic heterocycles. The summed E-state index contributed by atoms with van der Waals surface area (Å²) in [5.74, 6) is 0. The molecule has 0 spiro atoms. The highest BCUT2D eigenvalue weighted by molar-refractivity contribution is 7.22. The van der Waals surface area contributed by atoms with Gasteiger partial charge < -0.3 is 10.1 Å². The average Bonchev–Trinajstić information content (AvgIpc) is 2.86. The molecule has 25 heavy (non-hydrogen) atoms. The number of para-hydroxylation sites is 1. The second-order valence-electron chi connectivity index (χ2n) is 4.70. The van der Waals surface area contributed by atoms with Gasteiger partial charge in [0.15, 0.2) is 5.13 Å². The van der Waals surface area contributed by atoms with Gasteiger partial charge in [0.05, 0.1) is 16.8 Å². The lowest BCUT2D eigenvalue weighted by Crippen LogP contribution is -2.72. The molecule has 0 radical (unpaired) electrons. The van der Waals surface area contributed by atoms with Crippen molar-refractivity contribution in [1.29, 1.82) is 0 Å². The molecule has 0 aliphatic rings. The molecule has 2 rings (SSSR count). The fraction of sp³-hybridized carbons (Fsp3) is 0.385. The van der Waals surface area contributed by atoms with Crippen LogP contribution in [0.4, 0.5) is 36.3 Å². The molecule has 0 saturated heterocycles. The number of carbonyl (C=O) groups excluding carboxylic acids is 1. The Morgan fingerprint density at radius 3 is 2.28 bits per heavy atom. The summed E-state index contributed by atoms with van der Waals surface area (Å²) in [5.41, 5.74) is -4.54. The Morgan fingerprint density at radius 1 is 1.16 bits per heavy atom. The number of alkyl carbamates (subject to hydrolysis) is 1. The molecule has 1 aromatic heterocycles. The number of nitrogens with zero attached hydrogens (tertiary/aromatic N) is 1. The first-order chi connectivity index (χ1) is 11.5. The van der Waals surface area contributed by atoms with Gasteiger partial charge in [-0.1, -0.05) is 23.5 Å². The first-order valence-corrected chi connectivity index (χ1v) is 7.54. The van der Waals surface area contributed by atoms with E-state index in [0.29, 0.717) is 16.0 Å². The van der Waals surface area contributed by atoms with Crippen molar-refractivity contribution < 1.29 is 35.9 Å². The lowest BCUT2D eigenvalue weighted by atomic mass is 10.1. The van der Waals surface area contributed by atoms with E-state index in [-0.39, 0.29) is 5.52 Å². The lowest BCUT2D eigenvalue weighted by molar-refractivity contribution is -0.294. The van der Waals surface area contributed by atoms with Crippen molar-refractivity contribution in [1.82, 2.24) is 10.3 Å². The summed E-state index contributed by atoms with van der Waals surface area (Å²) < 4.78 is 84.6. The maximum absolute atomic E-state index is 13.3.